The topological polar surface area (TPSA) is 70.5 Å². The first-order valence-corrected chi connectivity index (χ1v) is 10.5. The monoisotopic (exact) mass is 415 g/mol. The number of amides is 3. The van der Waals surface area contributed by atoms with E-state index < -0.39 is 6.04 Å². The molecule has 1 atom stereocenters. The minimum atomic E-state index is -0.464. The van der Waals surface area contributed by atoms with E-state index in [9.17, 15) is 14.0 Å². The number of carbonyl (C=O) groups is 2. The molecular weight excluding hydrogens is 385 g/mol. The molecule has 0 spiro atoms. The molecule has 7 nitrogen and oxygen atoms in total. The Morgan fingerprint density at radius 1 is 1.20 bits per heavy atom. The number of likely N-dealkylation sites (tertiary alicyclic amines) is 1. The third kappa shape index (κ3) is 4.80. The number of imidazole rings is 1. The van der Waals surface area contributed by atoms with Crippen LogP contribution in [0.25, 0.3) is 0 Å². The molecule has 1 N–H and O–H groups in total. The summed E-state index contributed by atoms with van der Waals surface area (Å²) in [7, 11) is 1.86. The molecule has 3 rings (SSSR count). The molecule has 1 aromatic carbocycles. The van der Waals surface area contributed by atoms with Gasteiger partial charge in [-0.3, -0.25) is 4.79 Å². The predicted molar refractivity (Wildman–Crippen MR) is 112 cm³/mol. The molecule has 0 aliphatic carbocycles. The molecule has 1 aromatic heterocycles. The summed E-state index contributed by atoms with van der Waals surface area (Å²) in [5.41, 5.74) is 0.771. The number of nitrogens with one attached hydrogen (secondary N) is 1. The number of aryl methyl sites for hydroxylation is 1. The average Bonchev–Trinajstić information content (AvgIpc) is 3.19. The third-order valence-electron chi connectivity index (χ3n) is 5.78. The van der Waals surface area contributed by atoms with Crippen LogP contribution in [-0.2, 0) is 11.8 Å². The zero-order valence-electron chi connectivity index (χ0n) is 17.8. The van der Waals surface area contributed by atoms with Crippen LogP contribution in [0.1, 0.15) is 44.1 Å². The van der Waals surface area contributed by atoms with Crippen molar-refractivity contribution in [1.29, 1.82) is 0 Å². The van der Waals surface area contributed by atoms with E-state index in [0.29, 0.717) is 44.8 Å². The summed E-state index contributed by atoms with van der Waals surface area (Å²) in [6, 6.07) is 5.67. The SMILES string of the molecule is CCN(CC)C(=O)N1CCC(C(=O)NC(c2ccc(F)cc2)c2nccn2C)CC1. The first kappa shape index (κ1) is 21.8. The lowest BCUT2D eigenvalue weighted by atomic mass is 9.95. The fraction of sp³-hybridized carbons (Fsp3) is 0.500. The number of urea groups is 1. The maximum atomic E-state index is 13.4. The first-order valence-electron chi connectivity index (χ1n) is 10.5. The van der Waals surface area contributed by atoms with Crippen molar-refractivity contribution in [2.45, 2.75) is 32.7 Å². The molecule has 30 heavy (non-hydrogen) atoms. The van der Waals surface area contributed by atoms with Gasteiger partial charge in [0.25, 0.3) is 0 Å². The Morgan fingerprint density at radius 2 is 1.83 bits per heavy atom. The Hall–Kier alpha value is -2.90. The van der Waals surface area contributed by atoms with Gasteiger partial charge in [-0.1, -0.05) is 12.1 Å². The van der Waals surface area contributed by atoms with Gasteiger partial charge in [0, 0.05) is 51.5 Å². The number of rotatable bonds is 6. The highest BCUT2D eigenvalue weighted by atomic mass is 19.1. The second-order valence-corrected chi connectivity index (χ2v) is 7.61. The number of piperidine rings is 1. The lowest BCUT2D eigenvalue weighted by Gasteiger charge is -2.35. The lowest BCUT2D eigenvalue weighted by Crippen LogP contribution is -2.48. The largest absolute Gasteiger partial charge is 0.342 e. The van der Waals surface area contributed by atoms with Crippen molar-refractivity contribution >= 4 is 11.9 Å². The molecule has 2 aromatic rings. The van der Waals surface area contributed by atoms with E-state index in [1.54, 1.807) is 23.2 Å². The van der Waals surface area contributed by atoms with E-state index in [-0.39, 0.29) is 23.7 Å². The van der Waals surface area contributed by atoms with Crippen molar-refractivity contribution in [1.82, 2.24) is 24.7 Å². The van der Waals surface area contributed by atoms with Gasteiger partial charge in [0.15, 0.2) is 0 Å². The fourth-order valence-corrected chi connectivity index (χ4v) is 3.89. The summed E-state index contributed by atoms with van der Waals surface area (Å²) in [6.45, 7) is 6.43. The Bertz CT molecular complexity index is 855. The van der Waals surface area contributed by atoms with Crippen molar-refractivity contribution in [3.8, 4) is 0 Å². The van der Waals surface area contributed by atoms with Gasteiger partial charge >= 0.3 is 6.03 Å². The number of halogens is 1. The normalized spacial score (nSPS) is 15.7. The number of aromatic nitrogens is 2. The van der Waals surface area contributed by atoms with Gasteiger partial charge in [0.2, 0.25) is 5.91 Å². The van der Waals surface area contributed by atoms with Gasteiger partial charge in [-0.05, 0) is 44.4 Å². The van der Waals surface area contributed by atoms with Crippen molar-refractivity contribution < 1.29 is 14.0 Å². The van der Waals surface area contributed by atoms with Gasteiger partial charge in [-0.25, -0.2) is 14.2 Å². The highest BCUT2D eigenvalue weighted by Crippen LogP contribution is 2.24. The van der Waals surface area contributed by atoms with Gasteiger partial charge in [-0.2, -0.15) is 0 Å². The van der Waals surface area contributed by atoms with Crippen LogP contribution >= 0.6 is 0 Å². The number of carbonyl (C=O) groups excluding carboxylic acids is 2. The molecule has 0 radical (unpaired) electrons. The lowest BCUT2D eigenvalue weighted by molar-refractivity contribution is -0.126. The average molecular weight is 416 g/mol. The van der Waals surface area contributed by atoms with Crippen LogP contribution in [0.15, 0.2) is 36.7 Å². The maximum absolute atomic E-state index is 13.4. The van der Waals surface area contributed by atoms with Crippen molar-refractivity contribution in [3.63, 3.8) is 0 Å². The van der Waals surface area contributed by atoms with Crippen LogP contribution < -0.4 is 5.32 Å². The number of hydrogen-bond donors (Lipinski definition) is 1. The van der Waals surface area contributed by atoms with Crippen LogP contribution in [0.2, 0.25) is 0 Å². The van der Waals surface area contributed by atoms with Crippen LogP contribution in [0, 0.1) is 11.7 Å². The number of benzene rings is 1. The van der Waals surface area contributed by atoms with Gasteiger partial charge < -0.3 is 19.7 Å². The van der Waals surface area contributed by atoms with Crippen LogP contribution in [-0.4, -0.2) is 57.5 Å². The summed E-state index contributed by atoms with van der Waals surface area (Å²) >= 11 is 0. The molecule has 1 unspecified atom stereocenters. The molecule has 2 heterocycles. The highest BCUT2D eigenvalue weighted by Gasteiger charge is 2.31. The molecule has 1 aliphatic rings. The standard InChI is InChI=1S/C22H30FN5O2/c1-4-27(5-2)22(30)28-13-10-17(11-14-28)21(29)25-19(20-24-12-15-26(20)3)16-6-8-18(23)9-7-16/h6-9,12,15,17,19H,4-5,10-11,13-14H2,1-3H3,(H,25,29). The van der Waals surface area contributed by atoms with Gasteiger partial charge in [-0.15, -0.1) is 0 Å². The molecule has 162 valence electrons. The quantitative estimate of drug-likeness (QED) is 0.789. The molecule has 3 amide bonds. The van der Waals surface area contributed by atoms with Crippen molar-refractivity contribution in [2.24, 2.45) is 13.0 Å². The predicted octanol–water partition coefficient (Wildman–Crippen LogP) is 2.94. The molecule has 0 saturated carbocycles. The minimum absolute atomic E-state index is 0.0380. The summed E-state index contributed by atoms with van der Waals surface area (Å²) in [4.78, 5) is 33.6. The third-order valence-corrected chi connectivity index (χ3v) is 5.78. The second-order valence-electron chi connectivity index (χ2n) is 7.61. The minimum Gasteiger partial charge on any atom is -0.342 e. The summed E-state index contributed by atoms with van der Waals surface area (Å²) in [5, 5.41) is 3.10. The van der Waals surface area contributed by atoms with E-state index >= 15 is 0 Å². The van der Waals surface area contributed by atoms with Crippen LogP contribution in [0.5, 0.6) is 0 Å². The zero-order valence-corrected chi connectivity index (χ0v) is 17.8. The summed E-state index contributed by atoms with van der Waals surface area (Å²) < 4.78 is 15.2. The van der Waals surface area contributed by atoms with E-state index in [1.807, 2.05) is 36.6 Å². The van der Waals surface area contributed by atoms with Gasteiger partial charge in [0.05, 0.1) is 0 Å². The van der Waals surface area contributed by atoms with E-state index in [1.165, 1.54) is 12.1 Å². The van der Waals surface area contributed by atoms with E-state index in [0.717, 1.165) is 5.56 Å². The molecule has 1 fully saturated rings. The van der Waals surface area contributed by atoms with Crippen LogP contribution in [0.4, 0.5) is 9.18 Å². The molecule has 1 aliphatic heterocycles. The summed E-state index contributed by atoms with van der Waals surface area (Å²) in [6.07, 6.45) is 4.73. The zero-order chi connectivity index (χ0) is 21.7. The van der Waals surface area contributed by atoms with Crippen LogP contribution in [0.3, 0.4) is 0 Å². The maximum Gasteiger partial charge on any atom is 0.319 e. The van der Waals surface area contributed by atoms with Crippen molar-refractivity contribution in [2.75, 3.05) is 26.2 Å². The fourth-order valence-electron chi connectivity index (χ4n) is 3.89. The highest BCUT2D eigenvalue weighted by molar-refractivity contribution is 5.80. The molecular formula is C22H30FN5O2. The van der Waals surface area contributed by atoms with E-state index in [2.05, 4.69) is 10.3 Å². The number of hydrogen-bond acceptors (Lipinski definition) is 3. The molecule has 0 bridgehead atoms. The van der Waals surface area contributed by atoms with E-state index in [4.69, 9.17) is 0 Å². The molecule has 8 heteroatoms. The Kier molecular flexibility index (Phi) is 7.07. The second kappa shape index (κ2) is 9.73. The smallest absolute Gasteiger partial charge is 0.319 e. The summed E-state index contributed by atoms with van der Waals surface area (Å²) in [5.74, 6) is 0.120. The Morgan fingerprint density at radius 3 is 2.37 bits per heavy atom. The Balaban J connectivity index is 1.68. The number of nitrogens with zero attached hydrogens (tertiary/aromatic N) is 4. The Labute approximate surface area is 176 Å². The first-order chi connectivity index (χ1) is 14.4. The van der Waals surface area contributed by atoms with Crippen molar-refractivity contribution in [3.05, 3.63) is 53.9 Å². The molecule has 1 saturated heterocycles. The van der Waals surface area contributed by atoms with Gasteiger partial charge in [0.1, 0.15) is 17.7 Å².